The average molecular weight is 445 g/mol. The molecule has 0 bridgehead atoms. The largest absolute Gasteiger partial charge is 0.508 e. The second-order valence-electron chi connectivity index (χ2n) is 8.63. The molecule has 1 saturated heterocycles. The summed E-state index contributed by atoms with van der Waals surface area (Å²) in [6, 6.07) is 11.6. The van der Waals surface area contributed by atoms with E-state index in [2.05, 4.69) is 10.3 Å². The highest BCUT2D eigenvalue weighted by Crippen LogP contribution is 2.39. The van der Waals surface area contributed by atoms with Gasteiger partial charge in [0.1, 0.15) is 17.6 Å². The molecule has 0 radical (unpaired) electrons. The first kappa shape index (κ1) is 21.2. The van der Waals surface area contributed by atoms with Crippen molar-refractivity contribution in [2.75, 3.05) is 6.54 Å². The van der Waals surface area contributed by atoms with Gasteiger partial charge in [0.15, 0.2) is 0 Å². The summed E-state index contributed by atoms with van der Waals surface area (Å²) < 4.78 is 15.8. The molecule has 5 rings (SSSR count). The SMILES string of the molecule is N#Cc1ccc(Cn2cncc2CN[C@@H]2CCN([C@@H]3CCc4ccc(O)cc43)C2=O)cc1F. The van der Waals surface area contributed by atoms with E-state index in [1.807, 2.05) is 21.6 Å². The zero-order valence-corrected chi connectivity index (χ0v) is 18.0. The molecule has 0 saturated carbocycles. The zero-order chi connectivity index (χ0) is 22.9. The first-order valence-corrected chi connectivity index (χ1v) is 11.1. The fourth-order valence-electron chi connectivity index (χ4n) is 4.90. The number of imidazole rings is 1. The summed E-state index contributed by atoms with van der Waals surface area (Å²) in [4.78, 5) is 19.3. The summed E-state index contributed by atoms with van der Waals surface area (Å²) in [5.41, 5.74) is 3.90. The number of carbonyl (C=O) groups excluding carboxylic acids is 1. The van der Waals surface area contributed by atoms with E-state index < -0.39 is 5.82 Å². The lowest BCUT2D eigenvalue weighted by Gasteiger charge is -2.25. The molecule has 3 aromatic rings. The number of aromatic hydroxyl groups is 1. The standard InChI is InChI=1S/C25H24FN5O2/c26-22-9-16(1-2-18(22)11-27)14-30-15-28-12-19(30)13-29-23-7-8-31(25(23)33)24-6-4-17-3-5-20(32)10-21(17)24/h1-3,5,9-10,12,15,23-24,29,32H,4,6-8,13-14H2/t23-,24-/m1/s1. The van der Waals surface area contributed by atoms with Crippen LogP contribution in [0.1, 0.15) is 46.8 Å². The van der Waals surface area contributed by atoms with Crippen LogP contribution in [-0.4, -0.2) is 38.1 Å². The molecule has 2 heterocycles. The van der Waals surface area contributed by atoms with Gasteiger partial charge in [-0.2, -0.15) is 5.26 Å². The molecule has 2 aromatic carbocycles. The van der Waals surface area contributed by atoms with Crippen molar-refractivity contribution in [1.29, 1.82) is 5.26 Å². The average Bonchev–Trinajstić information content (AvgIpc) is 3.51. The quantitative estimate of drug-likeness (QED) is 0.608. The number of hydrogen-bond donors (Lipinski definition) is 2. The maximum absolute atomic E-state index is 13.9. The number of likely N-dealkylation sites (tertiary alicyclic amines) is 1. The maximum atomic E-state index is 13.9. The number of aromatic nitrogens is 2. The van der Waals surface area contributed by atoms with Crippen molar-refractivity contribution in [2.45, 2.75) is 44.4 Å². The normalized spacial score (nSPS) is 19.6. The number of nitriles is 1. The summed E-state index contributed by atoms with van der Waals surface area (Å²) in [6.07, 6.45) is 5.93. The molecule has 8 heteroatoms. The van der Waals surface area contributed by atoms with E-state index in [1.54, 1.807) is 30.7 Å². The van der Waals surface area contributed by atoms with Crippen LogP contribution in [0.2, 0.25) is 0 Å². The van der Waals surface area contributed by atoms with Crippen molar-refractivity contribution >= 4 is 5.91 Å². The van der Waals surface area contributed by atoms with E-state index in [0.717, 1.165) is 36.1 Å². The van der Waals surface area contributed by atoms with Crippen LogP contribution in [0.15, 0.2) is 48.9 Å². The number of phenolic OH excluding ortho intramolecular Hbond substituents is 1. The number of fused-ring (bicyclic) bond motifs is 1. The van der Waals surface area contributed by atoms with Crippen LogP contribution >= 0.6 is 0 Å². The summed E-state index contributed by atoms with van der Waals surface area (Å²) >= 11 is 0. The third-order valence-corrected chi connectivity index (χ3v) is 6.63. The van der Waals surface area contributed by atoms with Crippen LogP contribution in [0.3, 0.4) is 0 Å². The first-order chi connectivity index (χ1) is 16.0. The van der Waals surface area contributed by atoms with Gasteiger partial charge in [0.25, 0.3) is 0 Å². The molecule has 1 amide bonds. The van der Waals surface area contributed by atoms with Gasteiger partial charge in [-0.15, -0.1) is 0 Å². The summed E-state index contributed by atoms with van der Waals surface area (Å²) in [5.74, 6) is -0.220. The Morgan fingerprint density at radius 3 is 2.94 bits per heavy atom. The smallest absolute Gasteiger partial charge is 0.240 e. The molecule has 0 spiro atoms. The Morgan fingerprint density at radius 2 is 2.12 bits per heavy atom. The third-order valence-electron chi connectivity index (χ3n) is 6.63. The molecule has 1 aromatic heterocycles. The minimum absolute atomic E-state index is 0.0169. The number of benzene rings is 2. The number of hydrogen-bond acceptors (Lipinski definition) is 5. The van der Waals surface area contributed by atoms with Crippen molar-refractivity contribution in [3.8, 4) is 11.8 Å². The maximum Gasteiger partial charge on any atom is 0.240 e. The number of phenols is 1. The minimum atomic E-state index is -0.534. The molecule has 7 nitrogen and oxygen atoms in total. The Labute approximate surface area is 191 Å². The molecular weight excluding hydrogens is 421 g/mol. The van der Waals surface area contributed by atoms with Crippen molar-refractivity contribution in [3.05, 3.63) is 82.7 Å². The van der Waals surface area contributed by atoms with Crippen molar-refractivity contribution in [1.82, 2.24) is 19.8 Å². The lowest BCUT2D eigenvalue weighted by atomic mass is 10.1. The minimum Gasteiger partial charge on any atom is -0.508 e. The molecule has 1 aliphatic heterocycles. The van der Waals surface area contributed by atoms with Crippen LogP contribution in [0.4, 0.5) is 4.39 Å². The zero-order valence-electron chi connectivity index (χ0n) is 18.0. The van der Waals surface area contributed by atoms with Gasteiger partial charge in [-0.25, -0.2) is 9.37 Å². The fourth-order valence-corrected chi connectivity index (χ4v) is 4.90. The van der Waals surface area contributed by atoms with E-state index in [4.69, 9.17) is 5.26 Å². The monoisotopic (exact) mass is 445 g/mol. The lowest BCUT2D eigenvalue weighted by Crippen LogP contribution is -2.39. The highest BCUT2D eigenvalue weighted by molar-refractivity contribution is 5.84. The highest BCUT2D eigenvalue weighted by Gasteiger charge is 2.38. The second-order valence-corrected chi connectivity index (χ2v) is 8.63. The van der Waals surface area contributed by atoms with Gasteiger partial charge in [-0.05, 0) is 60.2 Å². The molecule has 1 fully saturated rings. The number of halogens is 1. The van der Waals surface area contributed by atoms with E-state index >= 15 is 0 Å². The van der Waals surface area contributed by atoms with E-state index in [9.17, 15) is 14.3 Å². The third kappa shape index (κ3) is 4.08. The Bertz CT molecular complexity index is 1250. The van der Waals surface area contributed by atoms with Crippen molar-refractivity contribution in [3.63, 3.8) is 0 Å². The number of nitrogens with one attached hydrogen (secondary N) is 1. The molecule has 0 unspecified atom stereocenters. The fraction of sp³-hybridized carbons (Fsp3) is 0.320. The molecule has 1 aliphatic carbocycles. The molecular formula is C25H24FN5O2. The van der Waals surface area contributed by atoms with Crippen molar-refractivity contribution < 1.29 is 14.3 Å². The second kappa shape index (κ2) is 8.68. The van der Waals surface area contributed by atoms with Crippen molar-refractivity contribution in [2.24, 2.45) is 0 Å². The Kier molecular flexibility index (Phi) is 5.56. The Morgan fingerprint density at radius 1 is 1.24 bits per heavy atom. The number of amides is 1. The molecule has 2 aliphatic rings. The predicted molar refractivity (Wildman–Crippen MR) is 119 cm³/mol. The topological polar surface area (TPSA) is 94.2 Å². The van der Waals surface area contributed by atoms with Crippen LogP contribution in [0.25, 0.3) is 0 Å². The number of carbonyl (C=O) groups is 1. The van der Waals surface area contributed by atoms with Gasteiger partial charge in [0.05, 0.1) is 29.7 Å². The number of rotatable bonds is 6. The molecule has 33 heavy (non-hydrogen) atoms. The van der Waals surface area contributed by atoms with Crippen LogP contribution in [0.5, 0.6) is 5.75 Å². The summed E-state index contributed by atoms with van der Waals surface area (Å²) in [5, 5.41) is 22.1. The summed E-state index contributed by atoms with van der Waals surface area (Å²) in [7, 11) is 0. The predicted octanol–water partition coefficient (Wildman–Crippen LogP) is 3.03. The van der Waals surface area contributed by atoms with Gasteiger partial charge in [-0.3, -0.25) is 4.79 Å². The first-order valence-electron chi connectivity index (χ1n) is 11.1. The van der Waals surface area contributed by atoms with E-state index in [0.29, 0.717) is 19.6 Å². The van der Waals surface area contributed by atoms with E-state index in [1.165, 1.54) is 17.7 Å². The van der Waals surface area contributed by atoms with Gasteiger partial charge < -0.3 is 19.9 Å². The van der Waals surface area contributed by atoms with Gasteiger partial charge in [0, 0.05) is 25.8 Å². The van der Waals surface area contributed by atoms with Crippen LogP contribution in [0, 0.1) is 17.1 Å². The van der Waals surface area contributed by atoms with Gasteiger partial charge in [0.2, 0.25) is 5.91 Å². The number of nitrogens with zero attached hydrogens (tertiary/aromatic N) is 4. The van der Waals surface area contributed by atoms with Gasteiger partial charge >= 0.3 is 0 Å². The summed E-state index contributed by atoms with van der Waals surface area (Å²) in [6.45, 7) is 1.57. The van der Waals surface area contributed by atoms with Crippen LogP contribution in [-0.2, 0) is 24.3 Å². The lowest BCUT2D eigenvalue weighted by molar-refractivity contribution is -0.131. The Hall–Kier alpha value is -3.70. The molecule has 2 N–H and O–H groups in total. The van der Waals surface area contributed by atoms with E-state index in [-0.39, 0.29) is 29.3 Å². The Balaban J connectivity index is 1.23. The van der Waals surface area contributed by atoms with Crippen LogP contribution < -0.4 is 5.32 Å². The molecule has 2 atom stereocenters. The van der Waals surface area contributed by atoms with Gasteiger partial charge in [-0.1, -0.05) is 12.1 Å². The highest BCUT2D eigenvalue weighted by atomic mass is 19.1. The number of aryl methyl sites for hydroxylation is 1. The molecule has 168 valence electrons.